The van der Waals surface area contributed by atoms with Gasteiger partial charge < -0.3 is 5.73 Å². The Kier molecular flexibility index (Phi) is 3.22. The van der Waals surface area contributed by atoms with Crippen molar-refractivity contribution < 1.29 is 4.79 Å². The van der Waals surface area contributed by atoms with Crippen LogP contribution in [0.3, 0.4) is 0 Å². The first-order valence-corrected chi connectivity index (χ1v) is 5.33. The molecular formula is C12H15N3O. The Hall–Kier alpha value is -1.81. The highest BCUT2D eigenvalue weighted by molar-refractivity contribution is 5.81. The van der Waals surface area contributed by atoms with Crippen LogP contribution in [0.15, 0.2) is 30.3 Å². The normalized spacial score (nSPS) is 15.8. The summed E-state index contributed by atoms with van der Waals surface area (Å²) in [6.07, 6.45) is 4.45. The Morgan fingerprint density at radius 3 is 2.69 bits per heavy atom. The first-order chi connectivity index (χ1) is 7.79. The number of carbonyl (C=O) groups excluding carboxylic acids is 1. The molecule has 1 aliphatic heterocycles. The van der Waals surface area contributed by atoms with Gasteiger partial charge in [-0.1, -0.05) is 24.3 Å². The molecule has 0 spiro atoms. The minimum absolute atomic E-state index is 0.0760. The molecule has 1 amide bonds. The maximum absolute atomic E-state index is 11.1. The van der Waals surface area contributed by atoms with E-state index in [1.807, 2.05) is 41.4 Å². The van der Waals surface area contributed by atoms with Gasteiger partial charge in [-0.3, -0.25) is 15.2 Å². The predicted octanol–water partition coefficient (Wildman–Crippen LogP) is 0.900. The quantitative estimate of drug-likeness (QED) is 0.791. The summed E-state index contributed by atoms with van der Waals surface area (Å²) in [7, 11) is 0. The van der Waals surface area contributed by atoms with Crippen LogP contribution in [-0.2, 0) is 4.79 Å². The third-order valence-corrected chi connectivity index (χ3v) is 2.47. The number of carbonyl (C=O) groups is 1. The molecule has 1 aliphatic rings. The van der Waals surface area contributed by atoms with Gasteiger partial charge in [0.25, 0.3) is 0 Å². The van der Waals surface area contributed by atoms with Gasteiger partial charge in [-0.25, -0.2) is 0 Å². The zero-order valence-electron chi connectivity index (χ0n) is 9.02. The molecule has 16 heavy (non-hydrogen) atoms. The SMILES string of the molecule is NC/C=C/c1ccc(N2CCC(=O)N2)cc1. The van der Waals surface area contributed by atoms with E-state index < -0.39 is 0 Å². The summed E-state index contributed by atoms with van der Waals surface area (Å²) < 4.78 is 0. The molecule has 0 aliphatic carbocycles. The van der Waals surface area contributed by atoms with Crippen LogP contribution < -0.4 is 16.2 Å². The van der Waals surface area contributed by atoms with E-state index in [4.69, 9.17) is 5.73 Å². The zero-order chi connectivity index (χ0) is 11.4. The molecule has 0 aromatic heterocycles. The highest BCUT2D eigenvalue weighted by Gasteiger charge is 2.17. The Bertz CT molecular complexity index is 397. The summed E-state index contributed by atoms with van der Waals surface area (Å²) in [4.78, 5) is 11.1. The molecule has 3 N–H and O–H groups in total. The van der Waals surface area contributed by atoms with Crippen LogP contribution in [0.25, 0.3) is 6.08 Å². The molecule has 1 aromatic rings. The summed E-state index contributed by atoms with van der Waals surface area (Å²) in [5.41, 5.74) is 10.3. The molecule has 0 atom stereocenters. The molecule has 0 unspecified atom stereocenters. The lowest BCUT2D eigenvalue weighted by Crippen LogP contribution is -2.32. The molecule has 1 saturated heterocycles. The molecule has 4 heteroatoms. The summed E-state index contributed by atoms with van der Waals surface area (Å²) in [5, 5.41) is 1.86. The summed E-state index contributed by atoms with van der Waals surface area (Å²) in [6.45, 7) is 1.28. The number of amides is 1. The molecule has 4 nitrogen and oxygen atoms in total. The van der Waals surface area contributed by atoms with Gasteiger partial charge in [0.1, 0.15) is 0 Å². The molecular weight excluding hydrogens is 202 g/mol. The number of benzene rings is 1. The molecule has 1 fully saturated rings. The van der Waals surface area contributed by atoms with Crippen LogP contribution >= 0.6 is 0 Å². The molecule has 1 aromatic carbocycles. The average Bonchev–Trinajstić information content (AvgIpc) is 2.74. The fourth-order valence-electron chi connectivity index (χ4n) is 1.64. The smallest absolute Gasteiger partial charge is 0.240 e. The number of rotatable bonds is 3. The van der Waals surface area contributed by atoms with Gasteiger partial charge in [-0.2, -0.15) is 0 Å². The predicted molar refractivity (Wildman–Crippen MR) is 64.6 cm³/mol. The van der Waals surface area contributed by atoms with E-state index in [0.29, 0.717) is 13.0 Å². The van der Waals surface area contributed by atoms with Crippen molar-refractivity contribution in [1.82, 2.24) is 5.43 Å². The fraction of sp³-hybridized carbons (Fsp3) is 0.250. The topological polar surface area (TPSA) is 58.4 Å². The summed E-state index contributed by atoms with van der Waals surface area (Å²) in [6, 6.07) is 7.99. The van der Waals surface area contributed by atoms with Crippen LogP contribution in [0.5, 0.6) is 0 Å². The van der Waals surface area contributed by atoms with Gasteiger partial charge in [0.15, 0.2) is 0 Å². The highest BCUT2D eigenvalue weighted by atomic mass is 16.2. The number of anilines is 1. The Morgan fingerprint density at radius 1 is 1.38 bits per heavy atom. The highest BCUT2D eigenvalue weighted by Crippen LogP contribution is 2.17. The van der Waals surface area contributed by atoms with Crippen LogP contribution in [-0.4, -0.2) is 19.0 Å². The lowest BCUT2D eigenvalue weighted by molar-refractivity contribution is -0.119. The summed E-state index contributed by atoms with van der Waals surface area (Å²) in [5.74, 6) is 0.0760. The molecule has 0 bridgehead atoms. The van der Waals surface area contributed by atoms with Crippen LogP contribution in [0.2, 0.25) is 0 Å². The van der Waals surface area contributed by atoms with Gasteiger partial charge in [-0.05, 0) is 17.7 Å². The van der Waals surface area contributed by atoms with E-state index in [2.05, 4.69) is 5.43 Å². The second-order valence-electron chi connectivity index (χ2n) is 3.67. The Morgan fingerprint density at radius 2 is 2.12 bits per heavy atom. The zero-order valence-corrected chi connectivity index (χ0v) is 9.02. The van der Waals surface area contributed by atoms with Gasteiger partial charge in [0.2, 0.25) is 5.91 Å². The second-order valence-corrected chi connectivity index (χ2v) is 3.67. The third-order valence-electron chi connectivity index (χ3n) is 2.47. The largest absolute Gasteiger partial charge is 0.327 e. The standard InChI is InChI=1S/C12H15N3O/c13-8-1-2-10-3-5-11(6-4-10)15-9-7-12(16)14-15/h1-6H,7-9,13H2,(H,14,16)/b2-1+. The lowest BCUT2D eigenvalue weighted by Gasteiger charge is -2.17. The number of nitrogens with one attached hydrogen (secondary N) is 1. The van der Waals surface area contributed by atoms with Gasteiger partial charge >= 0.3 is 0 Å². The number of hydrazine groups is 1. The van der Waals surface area contributed by atoms with Crippen molar-refractivity contribution in [2.45, 2.75) is 6.42 Å². The van der Waals surface area contributed by atoms with Crippen molar-refractivity contribution in [3.8, 4) is 0 Å². The van der Waals surface area contributed by atoms with Crippen molar-refractivity contribution in [1.29, 1.82) is 0 Å². The van der Waals surface area contributed by atoms with Crippen LogP contribution in [0.4, 0.5) is 5.69 Å². The molecule has 2 rings (SSSR count). The number of hydrogen-bond acceptors (Lipinski definition) is 3. The molecule has 1 heterocycles. The maximum Gasteiger partial charge on any atom is 0.240 e. The number of hydrogen-bond donors (Lipinski definition) is 2. The third kappa shape index (κ3) is 2.41. The van der Waals surface area contributed by atoms with Crippen molar-refractivity contribution in [2.24, 2.45) is 5.73 Å². The molecule has 0 radical (unpaired) electrons. The Labute approximate surface area is 94.7 Å². The van der Waals surface area contributed by atoms with Gasteiger partial charge in [-0.15, -0.1) is 0 Å². The maximum atomic E-state index is 11.1. The Balaban J connectivity index is 2.07. The minimum Gasteiger partial charge on any atom is -0.327 e. The average molecular weight is 217 g/mol. The lowest BCUT2D eigenvalue weighted by atomic mass is 10.2. The molecule has 84 valence electrons. The van der Waals surface area contributed by atoms with Crippen molar-refractivity contribution in [3.63, 3.8) is 0 Å². The first-order valence-electron chi connectivity index (χ1n) is 5.33. The van der Waals surface area contributed by atoms with Crippen LogP contribution in [0, 0.1) is 0 Å². The van der Waals surface area contributed by atoms with E-state index in [9.17, 15) is 4.79 Å². The number of nitrogens with two attached hydrogens (primary N) is 1. The van der Waals surface area contributed by atoms with Crippen LogP contribution in [0.1, 0.15) is 12.0 Å². The van der Waals surface area contributed by atoms with E-state index in [-0.39, 0.29) is 5.91 Å². The summed E-state index contributed by atoms with van der Waals surface area (Å²) >= 11 is 0. The second kappa shape index (κ2) is 4.81. The van der Waals surface area contributed by atoms with Gasteiger partial charge in [0, 0.05) is 19.5 Å². The van der Waals surface area contributed by atoms with Crippen molar-refractivity contribution in [2.75, 3.05) is 18.1 Å². The van der Waals surface area contributed by atoms with E-state index in [0.717, 1.165) is 17.8 Å². The monoisotopic (exact) mass is 217 g/mol. The van der Waals surface area contributed by atoms with E-state index >= 15 is 0 Å². The van der Waals surface area contributed by atoms with Gasteiger partial charge in [0.05, 0.1) is 5.69 Å². The molecule has 0 saturated carbocycles. The number of nitrogens with zero attached hydrogens (tertiary/aromatic N) is 1. The first kappa shape index (κ1) is 10.7. The fourth-order valence-corrected chi connectivity index (χ4v) is 1.64. The van der Waals surface area contributed by atoms with Crippen molar-refractivity contribution >= 4 is 17.7 Å². The minimum atomic E-state index is 0.0760. The van der Waals surface area contributed by atoms with Crippen molar-refractivity contribution in [3.05, 3.63) is 35.9 Å². The van der Waals surface area contributed by atoms with E-state index in [1.165, 1.54) is 0 Å². The van der Waals surface area contributed by atoms with E-state index in [1.54, 1.807) is 0 Å².